The molecule has 1 heterocycles. The van der Waals surface area contributed by atoms with Crippen LogP contribution in [0.3, 0.4) is 0 Å². The lowest BCUT2D eigenvalue weighted by atomic mass is 10.2. The lowest BCUT2D eigenvalue weighted by Crippen LogP contribution is -1.99. The van der Waals surface area contributed by atoms with E-state index in [4.69, 9.17) is 19.8 Å². The molecule has 1 aromatic heterocycles. The number of carbonyl (C=O) groups is 1. The molecule has 0 aliphatic heterocycles. The van der Waals surface area contributed by atoms with Crippen molar-refractivity contribution in [1.82, 2.24) is 4.98 Å². The molecule has 0 aliphatic rings. The molecule has 0 bridgehead atoms. The lowest BCUT2D eigenvalue weighted by Gasteiger charge is -2.10. The van der Waals surface area contributed by atoms with Gasteiger partial charge in [0.15, 0.2) is 11.5 Å². The number of rotatable bonds is 4. The number of aromatic carboxylic acids is 1. The Balaban J connectivity index is 2.44. The predicted molar refractivity (Wildman–Crippen MR) is 69.0 cm³/mol. The minimum Gasteiger partial charge on any atom is -0.493 e. The van der Waals surface area contributed by atoms with E-state index >= 15 is 0 Å². The topological polar surface area (TPSA) is 92.4 Å². The Hall–Kier alpha value is -3.07. The molecule has 0 atom stereocenters. The van der Waals surface area contributed by atoms with Crippen molar-refractivity contribution in [2.75, 3.05) is 7.11 Å². The van der Waals surface area contributed by atoms with E-state index in [1.54, 1.807) is 12.1 Å². The number of methoxy groups -OCH3 is 1. The first-order valence-corrected chi connectivity index (χ1v) is 5.60. The van der Waals surface area contributed by atoms with Crippen LogP contribution in [0.2, 0.25) is 0 Å². The van der Waals surface area contributed by atoms with Crippen LogP contribution in [0.15, 0.2) is 36.5 Å². The summed E-state index contributed by atoms with van der Waals surface area (Å²) in [5.41, 5.74) is 0.297. The van der Waals surface area contributed by atoms with Crippen molar-refractivity contribution in [2.45, 2.75) is 0 Å². The Morgan fingerprint density at radius 1 is 1.35 bits per heavy atom. The van der Waals surface area contributed by atoms with Crippen LogP contribution < -0.4 is 9.47 Å². The largest absolute Gasteiger partial charge is 0.493 e. The number of carboxylic acids is 1. The molecule has 6 nitrogen and oxygen atoms in total. The van der Waals surface area contributed by atoms with Gasteiger partial charge in [0.05, 0.1) is 12.7 Å². The number of benzene rings is 1. The molecule has 0 saturated heterocycles. The minimum absolute atomic E-state index is 0.0511. The molecular formula is C14H10N2O4. The third kappa shape index (κ3) is 2.67. The molecule has 0 unspecified atom stereocenters. The van der Waals surface area contributed by atoms with Crippen molar-refractivity contribution in [3.05, 3.63) is 47.7 Å². The molecule has 6 heteroatoms. The highest BCUT2D eigenvalue weighted by molar-refractivity contribution is 5.88. The second-order valence-electron chi connectivity index (χ2n) is 3.74. The molecule has 2 rings (SSSR count). The number of ether oxygens (including phenoxy) is 2. The van der Waals surface area contributed by atoms with Crippen LogP contribution >= 0.6 is 0 Å². The van der Waals surface area contributed by atoms with Crippen molar-refractivity contribution in [3.8, 4) is 23.4 Å². The zero-order valence-corrected chi connectivity index (χ0v) is 10.5. The summed E-state index contributed by atoms with van der Waals surface area (Å²) in [7, 11) is 1.44. The number of hydrogen-bond acceptors (Lipinski definition) is 5. The maximum atomic E-state index is 11.0. The Morgan fingerprint density at radius 2 is 2.15 bits per heavy atom. The second-order valence-corrected chi connectivity index (χ2v) is 3.74. The zero-order valence-electron chi connectivity index (χ0n) is 10.5. The Kier molecular flexibility index (Phi) is 3.82. The fraction of sp³-hybridized carbons (Fsp3) is 0.0714. The first-order chi connectivity index (χ1) is 9.65. The fourth-order valence-corrected chi connectivity index (χ4v) is 1.55. The van der Waals surface area contributed by atoms with E-state index in [0.29, 0.717) is 5.75 Å². The summed E-state index contributed by atoms with van der Waals surface area (Å²) in [6.45, 7) is 0. The summed E-state index contributed by atoms with van der Waals surface area (Å²) in [6, 6.07) is 9.30. The monoisotopic (exact) mass is 270 g/mol. The van der Waals surface area contributed by atoms with E-state index < -0.39 is 5.97 Å². The molecule has 0 amide bonds. The van der Waals surface area contributed by atoms with Gasteiger partial charge in [-0.1, -0.05) is 0 Å². The van der Waals surface area contributed by atoms with Gasteiger partial charge in [0.25, 0.3) is 0 Å². The zero-order chi connectivity index (χ0) is 14.5. The lowest BCUT2D eigenvalue weighted by molar-refractivity contribution is 0.0696. The van der Waals surface area contributed by atoms with Gasteiger partial charge in [-0.2, -0.15) is 5.26 Å². The van der Waals surface area contributed by atoms with Gasteiger partial charge >= 0.3 is 5.97 Å². The summed E-state index contributed by atoms with van der Waals surface area (Å²) >= 11 is 0. The van der Waals surface area contributed by atoms with E-state index in [0.717, 1.165) is 0 Å². The van der Waals surface area contributed by atoms with Crippen LogP contribution in [0.25, 0.3) is 0 Å². The van der Waals surface area contributed by atoms with Crippen LogP contribution in [-0.2, 0) is 0 Å². The normalized spacial score (nSPS) is 9.60. The average Bonchev–Trinajstić information content (AvgIpc) is 2.47. The van der Waals surface area contributed by atoms with E-state index in [-0.39, 0.29) is 22.8 Å². The molecule has 1 N–H and O–H groups in total. The average molecular weight is 270 g/mol. The van der Waals surface area contributed by atoms with Crippen molar-refractivity contribution in [1.29, 1.82) is 5.26 Å². The maximum Gasteiger partial charge on any atom is 0.335 e. The number of carboxylic acid groups (broad SMARTS) is 1. The van der Waals surface area contributed by atoms with Crippen LogP contribution in [0, 0.1) is 11.3 Å². The van der Waals surface area contributed by atoms with Crippen molar-refractivity contribution in [3.63, 3.8) is 0 Å². The molecule has 0 fully saturated rings. The first-order valence-electron chi connectivity index (χ1n) is 5.60. The van der Waals surface area contributed by atoms with Crippen LogP contribution in [0.5, 0.6) is 17.4 Å². The van der Waals surface area contributed by atoms with E-state index in [9.17, 15) is 4.79 Å². The summed E-state index contributed by atoms with van der Waals surface area (Å²) in [6.07, 6.45) is 1.48. The van der Waals surface area contributed by atoms with E-state index in [2.05, 4.69) is 4.98 Å². The Labute approximate surface area is 114 Å². The molecule has 0 radical (unpaired) electrons. The molecule has 1 aromatic carbocycles. The highest BCUT2D eigenvalue weighted by atomic mass is 16.5. The minimum atomic E-state index is -1.08. The van der Waals surface area contributed by atoms with Gasteiger partial charge in [-0.05, 0) is 30.3 Å². The van der Waals surface area contributed by atoms with Gasteiger partial charge < -0.3 is 14.6 Å². The highest BCUT2D eigenvalue weighted by Crippen LogP contribution is 2.32. The molecule has 100 valence electrons. The number of aromatic nitrogens is 1. The quantitative estimate of drug-likeness (QED) is 0.917. The molecular weight excluding hydrogens is 260 g/mol. The predicted octanol–water partition coefficient (Wildman–Crippen LogP) is 2.45. The fourth-order valence-electron chi connectivity index (χ4n) is 1.55. The van der Waals surface area contributed by atoms with E-state index in [1.807, 2.05) is 6.07 Å². The summed E-state index contributed by atoms with van der Waals surface area (Å²) in [5, 5.41) is 17.9. The number of pyridine rings is 1. The number of nitriles is 1. The smallest absolute Gasteiger partial charge is 0.335 e. The molecule has 2 aromatic rings. The highest BCUT2D eigenvalue weighted by Gasteiger charge is 2.13. The first kappa shape index (κ1) is 13.4. The van der Waals surface area contributed by atoms with Crippen molar-refractivity contribution in [2.24, 2.45) is 0 Å². The molecule has 0 spiro atoms. The number of nitrogens with zero attached hydrogens (tertiary/aromatic N) is 2. The van der Waals surface area contributed by atoms with E-state index in [1.165, 1.54) is 31.5 Å². The Morgan fingerprint density at radius 3 is 2.80 bits per heavy atom. The van der Waals surface area contributed by atoms with Gasteiger partial charge in [0, 0.05) is 6.20 Å². The van der Waals surface area contributed by atoms with Crippen LogP contribution in [0.1, 0.15) is 15.9 Å². The third-order valence-corrected chi connectivity index (χ3v) is 2.51. The standard InChI is InChI=1S/C14H10N2O4/c1-19-11-5-4-9(14(17)18)7-12(11)20-13-10(8-15)3-2-6-16-13/h2-7H,1H3,(H,17,18). The van der Waals surface area contributed by atoms with Gasteiger partial charge in [0.1, 0.15) is 11.6 Å². The molecule has 0 aliphatic carbocycles. The molecule has 20 heavy (non-hydrogen) atoms. The van der Waals surface area contributed by atoms with Crippen molar-refractivity contribution >= 4 is 5.97 Å². The van der Waals surface area contributed by atoms with Crippen molar-refractivity contribution < 1.29 is 19.4 Å². The molecule has 0 saturated carbocycles. The van der Waals surface area contributed by atoms with Gasteiger partial charge in [-0.3, -0.25) is 0 Å². The van der Waals surface area contributed by atoms with Gasteiger partial charge in [-0.15, -0.1) is 0 Å². The van der Waals surface area contributed by atoms with Gasteiger partial charge in [-0.25, -0.2) is 9.78 Å². The van der Waals surface area contributed by atoms with Gasteiger partial charge in [0.2, 0.25) is 5.88 Å². The Bertz CT molecular complexity index is 692. The number of hydrogen-bond donors (Lipinski definition) is 1. The maximum absolute atomic E-state index is 11.0. The van der Waals surface area contributed by atoms with Crippen LogP contribution in [-0.4, -0.2) is 23.2 Å². The summed E-state index contributed by atoms with van der Waals surface area (Å²) in [5.74, 6) is -0.456. The summed E-state index contributed by atoms with van der Waals surface area (Å²) in [4.78, 5) is 14.9. The SMILES string of the molecule is COc1ccc(C(=O)O)cc1Oc1ncccc1C#N. The third-order valence-electron chi connectivity index (χ3n) is 2.51. The summed E-state index contributed by atoms with van der Waals surface area (Å²) < 4.78 is 10.6. The van der Waals surface area contributed by atoms with Crippen LogP contribution in [0.4, 0.5) is 0 Å². The second kappa shape index (κ2) is 5.71.